The smallest absolute Gasteiger partial charge is 0.399 e. The van der Waals surface area contributed by atoms with E-state index in [0.717, 1.165) is 68.0 Å². The Bertz CT molecular complexity index is 2560. The average Bonchev–Trinajstić information content (AvgIpc) is 3.67. The second-order valence-corrected chi connectivity index (χ2v) is 14.8. The molecule has 1 radical (unpaired) electrons. The molecule has 4 aliphatic rings. The molecule has 7 aromatic rings. The van der Waals surface area contributed by atoms with Crippen LogP contribution in [0.1, 0.15) is 36.1 Å². The van der Waals surface area contributed by atoms with E-state index in [-0.39, 0.29) is 33.8 Å². The number of pyridine rings is 1. The van der Waals surface area contributed by atoms with Crippen molar-refractivity contribution in [3.05, 3.63) is 144 Å². The summed E-state index contributed by atoms with van der Waals surface area (Å²) in [6, 6.07) is 38.3. The Morgan fingerprint density at radius 1 is 0.655 bits per heavy atom. The number of hydrogen-bond donors (Lipinski definition) is 0. The van der Waals surface area contributed by atoms with Gasteiger partial charge in [0.2, 0.25) is 0 Å². The van der Waals surface area contributed by atoms with Gasteiger partial charge in [0.15, 0.2) is 6.71 Å². The molecule has 2 aromatic heterocycles. The first kappa shape index (κ1) is 35.2. The molecule has 10 heteroatoms. The van der Waals surface area contributed by atoms with Gasteiger partial charge in [0, 0.05) is 62.0 Å². The number of benzene rings is 5. The Kier molecular flexibility index (Phi) is 8.52. The fourth-order valence-corrected chi connectivity index (χ4v) is 8.75. The summed E-state index contributed by atoms with van der Waals surface area (Å²) in [6.07, 6.45) is 5.91. The van der Waals surface area contributed by atoms with Crippen molar-refractivity contribution in [3.8, 4) is 34.4 Å². The maximum absolute atomic E-state index is 6.34. The summed E-state index contributed by atoms with van der Waals surface area (Å²) in [6.45, 7) is 13.3. The predicted molar refractivity (Wildman–Crippen MR) is 219 cm³/mol. The number of ether oxygens (including phenoxy) is 2. The van der Waals surface area contributed by atoms with Gasteiger partial charge in [-0.2, -0.15) is 12.1 Å². The van der Waals surface area contributed by atoms with E-state index in [9.17, 15) is 0 Å². The van der Waals surface area contributed by atoms with E-state index >= 15 is 0 Å². The topological polar surface area (TPSA) is 55.7 Å². The molecule has 0 amide bonds. The van der Waals surface area contributed by atoms with Gasteiger partial charge >= 0.3 is 6.98 Å². The molecule has 0 fully saturated rings. The number of nitrogens with zero attached hydrogens (tertiary/aromatic N) is 5. The minimum atomic E-state index is 0. The van der Waals surface area contributed by atoms with Crippen molar-refractivity contribution in [2.45, 2.75) is 47.6 Å². The Hall–Kier alpha value is -5.56. The molecule has 4 aliphatic heterocycles. The van der Waals surface area contributed by atoms with Gasteiger partial charge in [-0.15, -0.1) is 35.8 Å². The molecular weight excluding hydrogens is 856 g/mol. The van der Waals surface area contributed by atoms with E-state index in [0.29, 0.717) is 6.04 Å². The van der Waals surface area contributed by atoms with Gasteiger partial charge in [0.05, 0.1) is 0 Å². The van der Waals surface area contributed by atoms with Crippen molar-refractivity contribution >= 4 is 58.4 Å². The first-order chi connectivity index (χ1) is 26.3. The molecular formula is C45H37B2IrN5O2-2. The Balaban J connectivity index is 0.000000146. The van der Waals surface area contributed by atoms with Crippen molar-refractivity contribution in [2.75, 3.05) is 9.71 Å². The molecule has 0 N–H and O–H groups in total. The first-order valence-electron chi connectivity index (χ1n) is 18.6. The Morgan fingerprint density at radius 2 is 1.33 bits per heavy atom. The molecule has 6 heterocycles. The summed E-state index contributed by atoms with van der Waals surface area (Å²) in [7, 11) is 0. The zero-order valence-electron chi connectivity index (χ0n) is 31.5. The van der Waals surface area contributed by atoms with Gasteiger partial charge in [-0.3, -0.25) is 4.98 Å². The van der Waals surface area contributed by atoms with Crippen LogP contribution in [0.2, 0.25) is 0 Å². The SMILES string of the molecule is Cc1cccc(C)c1B1N(C(C)C)c2ccc[c-]c2-c2nccn21.Cc1cnc(N2c3[c-]ccc4c3B3c5c(cccc5Oc5cccc2c53)O4)cc1C.[Ir]. The minimum Gasteiger partial charge on any atom is -0.484 e. The molecule has 0 atom stereocenters. The third-order valence-electron chi connectivity index (χ3n) is 11.3. The van der Waals surface area contributed by atoms with Crippen LogP contribution in [-0.2, 0) is 20.1 Å². The predicted octanol–water partition coefficient (Wildman–Crippen LogP) is 7.45. The quantitative estimate of drug-likeness (QED) is 0.136. The number of aryl methyl sites for hydroxylation is 4. The van der Waals surface area contributed by atoms with Gasteiger partial charge in [-0.1, -0.05) is 58.4 Å². The summed E-state index contributed by atoms with van der Waals surface area (Å²) >= 11 is 0. The van der Waals surface area contributed by atoms with Crippen molar-refractivity contribution in [3.63, 3.8) is 0 Å². The average molecular weight is 894 g/mol. The molecule has 5 aromatic carbocycles. The first-order valence-corrected chi connectivity index (χ1v) is 18.6. The monoisotopic (exact) mass is 894 g/mol. The largest absolute Gasteiger partial charge is 0.484 e. The Morgan fingerprint density at radius 3 is 2.05 bits per heavy atom. The Labute approximate surface area is 336 Å². The van der Waals surface area contributed by atoms with Crippen LogP contribution >= 0.6 is 0 Å². The van der Waals surface area contributed by atoms with Gasteiger partial charge in [-0.25, -0.2) is 4.98 Å². The molecule has 55 heavy (non-hydrogen) atoms. The fourth-order valence-electron chi connectivity index (χ4n) is 8.75. The molecule has 271 valence electrons. The normalized spacial score (nSPS) is 13.4. The number of fused-ring (bicyclic) bond motifs is 3. The number of hydrogen-bond acceptors (Lipinski definition) is 6. The van der Waals surface area contributed by atoms with E-state index in [2.05, 4.69) is 122 Å². The van der Waals surface area contributed by atoms with E-state index in [1.807, 2.05) is 60.9 Å². The molecule has 0 spiro atoms. The van der Waals surface area contributed by atoms with E-state index in [4.69, 9.17) is 14.5 Å². The minimum absolute atomic E-state index is 0. The number of imidazole rings is 1. The van der Waals surface area contributed by atoms with Crippen molar-refractivity contribution in [2.24, 2.45) is 0 Å². The third-order valence-corrected chi connectivity index (χ3v) is 11.3. The van der Waals surface area contributed by atoms with Gasteiger partial charge in [0.25, 0.3) is 0 Å². The van der Waals surface area contributed by atoms with Crippen LogP contribution in [0.3, 0.4) is 0 Å². The van der Waals surface area contributed by atoms with Crippen molar-refractivity contribution in [1.29, 1.82) is 0 Å². The van der Waals surface area contributed by atoms with E-state index < -0.39 is 0 Å². The number of aromatic nitrogens is 3. The van der Waals surface area contributed by atoms with Crippen molar-refractivity contribution < 1.29 is 29.6 Å². The summed E-state index contributed by atoms with van der Waals surface area (Å²) in [5.74, 6) is 5.35. The second-order valence-electron chi connectivity index (χ2n) is 14.8. The fraction of sp³-hybridized carbons (Fsp3) is 0.156. The van der Waals surface area contributed by atoms with Crippen LogP contribution in [0.4, 0.5) is 22.9 Å². The molecule has 0 unspecified atom stereocenters. The van der Waals surface area contributed by atoms with Gasteiger partial charge in [-0.05, 0) is 99.4 Å². The molecule has 0 aliphatic carbocycles. The van der Waals surface area contributed by atoms with Crippen LogP contribution in [0, 0.1) is 39.8 Å². The molecule has 0 saturated carbocycles. The van der Waals surface area contributed by atoms with Crippen molar-refractivity contribution in [1.82, 2.24) is 14.4 Å². The summed E-state index contributed by atoms with van der Waals surface area (Å²) < 4.78 is 15.0. The van der Waals surface area contributed by atoms with Crippen LogP contribution < -0.4 is 41.0 Å². The van der Waals surface area contributed by atoms with Gasteiger partial charge < -0.3 is 23.7 Å². The number of anilines is 4. The molecule has 0 saturated heterocycles. The molecule has 7 nitrogen and oxygen atoms in total. The molecule has 11 rings (SSSR count). The van der Waals surface area contributed by atoms with Crippen LogP contribution in [0.25, 0.3) is 11.4 Å². The van der Waals surface area contributed by atoms with Crippen LogP contribution in [0.15, 0.2) is 110 Å². The van der Waals surface area contributed by atoms with Crippen LogP contribution in [-0.4, -0.2) is 34.2 Å². The maximum atomic E-state index is 6.34. The molecule has 0 bridgehead atoms. The van der Waals surface area contributed by atoms with Crippen LogP contribution in [0.5, 0.6) is 23.0 Å². The second kappa shape index (κ2) is 13.3. The standard InChI is InChI=1S/C25H16BN2O2.C20H21BN3.Ir/c1-14-12-22(27-13-15(14)2)28-16-6-3-8-18-23(16)26-24-17(28)7-4-9-19(24)30-21-11-5-10-20(29-18)25(21)26;1-14(2)24-18-11-6-5-10-17(18)20-22-12-13-23(20)21(24)19-15(3)8-7-9-16(19)4;/h3-6,8-13H,1-2H3;5-9,11-14H,1-4H3;/q2*-1;. The zero-order chi connectivity index (χ0) is 36.8. The van der Waals surface area contributed by atoms with Gasteiger partial charge in [0.1, 0.15) is 23.1 Å². The van der Waals surface area contributed by atoms with E-state index in [1.54, 1.807) is 0 Å². The summed E-state index contributed by atoms with van der Waals surface area (Å²) in [4.78, 5) is 14.1. The third kappa shape index (κ3) is 5.30. The zero-order valence-corrected chi connectivity index (χ0v) is 33.9. The summed E-state index contributed by atoms with van der Waals surface area (Å²) in [5.41, 5.74) is 14.1. The summed E-state index contributed by atoms with van der Waals surface area (Å²) in [5, 5.41) is 0. The number of rotatable bonds is 3. The maximum Gasteiger partial charge on any atom is 0.399 e. The van der Waals surface area contributed by atoms with E-state index in [1.165, 1.54) is 33.4 Å².